The van der Waals surface area contributed by atoms with Gasteiger partial charge in [0, 0.05) is 29.4 Å². The number of amides is 2. The monoisotopic (exact) mass is 374 g/mol. The van der Waals surface area contributed by atoms with E-state index >= 15 is 0 Å². The lowest BCUT2D eigenvalue weighted by molar-refractivity contribution is -0.114. The van der Waals surface area contributed by atoms with Crippen molar-refractivity contribution >= 4 is 23.2 Å². The number of carbonyl (C=O) groups excluding carboxylic acids is 2. The maximum atomic E-state index is 13.0. The van der Waals surface area contributed by atoms with Crippen molar-refractivity contribution in [1.29, 1.82) is 0 Å². The highest BCUT2D eigenvalue weighted by atomic mass is 16.5. The van der Waals surface area contributed by atoms with Gasteiger partial charge >= 0.3 is 0 Å². The van der Waals surface area contributed by atoms with Gasteiger partial charge in [-0.15, -0.1) is 0 Å². The molecule has 0 atom stereocenters. The van der Waals surface area contributed by atoms with E-state index < -0.39 is 0 Å². The van der Waals surface area contributed by atoms with Crippen LogP contribution in [0.5, 0.6) is 5.75 Å². The Morgan fingerprint density at radius 2 is 1.54 bits per heavy atom. The minimum absolute atomic E-state index is 0.134. The number of ether oxygens (including phenoxy) is 1. The van der Waals surface area contributed by atoms with Crippen LogP contribution in [0.15, 0.2) is 66.7 Å². The average molecular weight is 374 g/mol. The molecule has 3 aromatic rings. The fourth-order valence-corrected chi connectivity index (χ4v) is 3.05. The van der Waals surface area contributed by atoms with Crippen LogP contribution in [0.3, 0.4) is 0 Å². The van der Waals surface area contributed by atoms with Crippen molar-refractivity contribution in [2.75, 3.05) is 17.7 Å². The van der Waals surface area contributed by atoms with E-state index in [0.29, 0.717) is 17.0 Å². The molecule has 2 amide bonds. The highest BCUT2D eigenvalue weighted by molar-refractivity contribution is 6.09. The molecule has 5 nitrogen and oxygen atoms in total. The topological polar surface area (TPSA) is 67.4 Å². The Kier molecular flexibility index (Phi) is 5.75. The molecule has 5 heteroatoms. The summed E-state index contributed by atoms with van der Waals surface area (Å²) >= 11 is 0. The van der Waals surface area contributed by atoms with Gasteiger partial charge in [-0.2, -0.15) is 0 Å². The molecule has 0 radical (unpaired) electrons. The number of hydrogen-bond donors (Lipinski definition) is 2. The standard InChI is InChI=1S/C23H22N2O3/c1-15-14-17(12-13-21(15)24-16(2)26)25-23(27)20-10-5-4-8-18(20)19-9-6-7-11-22(19)28-3/h4-14H,1-3H3,(H,24,26)(H,25,27). The van der Waals surface area contributed by atoms with Crippen LogP contribution in [0, 0.1) is 6.92 Å². The summed E-state index contributed by atoms with van der Waals surface area (Å²) in [5, 5.41) is 5.70. The number of rotatable bonds is 5. The van der Waals surface area contributed by atoms with Gasteiger partial charge in [0.05, 0.1) is 7.11 Å². The molecule has 0 saturated heterocycles. The van der Waals surface area contributed by atoms with E-state index in [0.717, 1.165) is 22.4 Å². The molecule has 0 saturated carbocycles. The molecule has 0 aliphatic rings. The molecule has 0 spiro atoms. The lowest BCUT2D eigenvalue weighted by Crippen LogP contribution is -2.14. The molecule has 3 rings (SSSR count). The zero-order chi connectivity index (χ0) is 20.1. The van der Waals surface area contributed by atoms with Gasteiger partial charge in [0.2, 0.25) is 5.91 Å². The summed E-state index contributed by atoms with van der Waals surface area (Å²) in [7, 11) is 1.61. The molecule has 0 aromatic heterocycles. The Bertz CT molecular complexity index is 1030. The molecule has 0 aliphatic heterocycles. The molecular weight excluding hydrogens is 352 g/mol. The summed E-state index contributed by atoms with van der Waals surface area (Å²) in [6.45, 7) is 3.34. The maximum Gasteiger partial charge on any atom is 0.256 e. The first-order chi connectivity index (χ1) is 13.5. The van der Waals surface area contributed by atoms with Crippen molar-refractivity contribution < 1.29 is 14.3 Å². The fourth-order valence-electron chi connectivity index (χ4n) is 3.05. The minimum Gasteiger partial charge on any atom is -0.496 e. The summed E-state index contributed by atoms with van der Waals surface area (Å²) < 4.78 is 5.45. The lowest BCUT2D eigenvalue weighted by Gasteiger charge is -2.14. The van der Waals surface area contributed by atoms with Crippen LogP contribution in [0.25, 0.3) is 11.1 Å². The van der Waals surface area contributed by atoms with Gasteiger partial charge in [0.25, 0.3) is 5.91 Å². The van der Waals surface area contributed by atoms with Gasteiger partial charge < -0.3 is 15.4 Å². The van der Waals surface area contributed by atoms with Crippen LogP contribution in [0.4, 0.5) is 11.4 Å². The van der Waals surface area contributed by atoms with Crippen LogP contribution >= 0.6 is 0 Å². The number of hydrogen-bond acceptors (Lipinski definition) is 3. The predicted octanol–water partition coefficient (Wildman–Crippen LogP) is 4.88. The van der Waals surface area contributed by atoms with Gasteiger partial charge in [-0.25, -0.2) is 0 Å². The van der Waals surface area contributed by atoms with Crippen molar-refractivity contribution in [1.82, 2.24) is 0 Å². The number of para-hydroxylation sites is 1. The second kappa shape index (κ2) is 8.39. The van der Waals surface area contributed by atoms with Crippen molar-refractivity contribution in [3.05, 3.63) is 77.9 Å². The zero-order valence-electron chi connectivity index (χ0n) is 16.1. The second-order valence-corrected chi connectivity index (χ2v) is 6.41. The molecule has 0 heterocycles. The minimum atomic E-state index is -0.215. The molecule has 0 aliphatic carbocycles. The first kappa shape index (κ1) is 19.2. The van der Waals surface area contributed by atoms with Crippen LogP contribution < -0.4 is 15.4 Å². The number of anilines is 2. The van der Waals surface area contributed by atoms with Crippen LogP contribution in [-0.4, -0.2) is 18.9 Å². The smallest absolute Gasteiger partial charge is 0.256 e. The summed E-state index contributed by atoms with van der Waals surface area (Å²) in [6, 6.07) is 20.4. The van der Waals surface area contributed by atoms with Gasteiger partial charge in [0.1, 0.15) is 5.75 Å². The molecule has 2 N–H and O–H groups in total. The lowest BCUT2D eigenvalue weighted by atomic mass is 9.98. The number of benzene rings is 3. The molecule has 0 bridgehead atoms. The summed E-state index contributed by atoms with van der Waals surface area (Å²) in [4.78, 5) is 24.2. The molecule has 28 heavy (non-hydrogen) atoms. The average Bonchev–Trinajstić information content (AvgIpc) is 2.69. The molecular formula is C23H22N2O3. The largest absolute Gasteiger partial charge is 0.496 e. The van der Waals surface area contributed by atoms with E-state index in [2.05, 4.69) is 10.6 Å². The first-order valence-electron chi connectivity index (χ1n) is 8.91. The van der Waals surface area contributed by atoms with Crippen molar-refractivity contribution in [3.8, 4) is 16.9 Å². The van der Waals surface area contributed by atoms with Gasteiger partial charge in [0.15, 0.2) is 0 Å². The molecule has 142 valence electrons. The maximum absolute atomic E-state index is 13.0. The third kappa shape index (κ3) is 4.20. The Labute approximate surface area is 164 Å². The Balaban J connectivity index is 1.90. The Hall–Kier alpha value is -3.60. The highest BCUT2D eigenvalue weighted by Crippen LogP contribution is 2.32. The third-order valence-electron chi connectivity index (χ3n) is 4.36. The summed E-state index contributed by atoms with van der Waals surface area (Å²) in [5.41, 5.74) is 4.45. The summed E-state index contributed by atoms with van der Waals surface area (Å²) in [6.07, 6.45) is 0. The Morgan fingerprint density at radius 3 is 2.21 bits per heavy atom. The van der Waals surface area contributed by atoms with Crippen molar-refractivity contribution in [3.63, 3.8) is 0 Å². The first-order valence-corrected chi connectivity index (χ1v) is 8.91. The van der Waals surface area contributed by atoms with E-state index in [1.54, 1.807) is 25.3 Å². The fraction of sp³-hybridized carbons (Fsp3) is 0.130. The van der Waals surface area contributed by atoms with Gasteiger partial charge in [-0.3, -0.25) is 9.59 Å². The third-order valence-corrected chi connectivity index (χ3v) is 4.36. The van der Waals surface area contributed by atoms with Crippen LogP contribution in [-0.2, 0) is 4.79 Å². The normalized spacial score (nSPS) is 10.2. The number of aryl methyl sites for hydroxylation is 1. The number of methoxy groups -OCH3 is 1. The van der Waals surface area contributed by atoms with Crippen LogP contribution in [0.1, 0.15) is 22.8 Å². The van der Waals surface area contributed by atoms with E-state index in [1.165, 1.54) is 6.92 Å². The van der Waals surface area contributed by atoms with E-state index in [-0.39, 0.29) is 11.8 Å². The zero-order valence-corrected chi connectivity index (χ0v) is 16.1. The van der Waals surface area contributed by atoms with Crippen LogP contribution in [0.2, 0.25) is 0 Å². The SMILES string of the molecule is COc1ccccc1-c1ccccc1C(=O)Nc1ccc(NC(C)=O)c(C)c1. The number of carbonyl (C=O) groups is 2. The molecule has 3 aromatic carbocycles. The van der Waals surface area contributed by atoms with E-state index in [4.69, 9.17) is 4.74 Å². The van der Waals surface area contributed by atoms with Crippen molar-refractivity contribution in [2.45, 2.75) is 13.8 Å². The van der Waals surface area contributed by atoms with E-state index in [1.807, 2.05) is 55.5 Å². The Morgan fingerprint density at radius 1 is 0.857 bits per heavy atom. The predicted molar refractivity (Wildman–Crippen MR) is 112 cm³/mol. The van der Waals surface area contributed by atoms with Gasteiger partial charge in [-0.05, 0) is 48.4 Å². The van der Waals surface area contributed by atoms with Crippen molar-refractivity contribution in [2.24, 2.45) is 0 Å². The quantitative estimate of drug-likeness (QED) is 0.669. The molecule has 0 unspecified atom stereocenters. The summed E-state index contributed by atoms with van der Waals surface area (Å²) in [5.74, 6) is 0.358. The van der Waals surface area contributed by atoms with Gasteiger partial charge in [-0.1, -0.05) is 36.4 Å². The number of nitrogens with one attached hydrogen (secondary N) is 2. The highest BCUT2D eigenvalue weighted by Gasteiger charge is 2.15. The second-order valence-electron chi connectivity index (χ2n) is 6.41. The molecule has 0 fully saturated rings. The van der Waals surface area contributed by atoms with E-state index in [9.17, 15) is 9.59 Å².